The molecule has 0 bridgehead atoms. The van der Waals surface area contributed by atoms with E-state index in [1.807, 2.05) is 28.8 Å². The summed E-state index contributed by atoms with van der Waals surface area (Å²) in [5.74, 6) is 1.04. The largest absolute Gasteiger partial charge is 0.274 e. The molecule has 0 aliphatic carbocycles. The summed E-state index contributed by atoms with van der Waals surface area (Å²) in [4.78, 5) is 1.98. The van der Waals surface area contributed by atoms with Gasteiger partial charge < -0.3 is 0 Å². The summed E-state index contributed by atoms with van der Waals surface area (Å²) in [6, 6.07) is 3.50. The number of thioether (sulfide) groups is 1. The van der Waals surface area contributed by atoms with Gasteiger partial charge in [-0.1, -0.05) is 6.92 Å². The summed E-state index contributed by atoms with van der Waals surface area (Å²) in [5, 5.41) is 18.0. The maximum Gasteiger partial charge on any atom is 0.186 e. The van der Waals surface area contributed by atoms with Gasteiger partial charge in [-0.05, 0) is 6.42 Å². The summed E-state index contributed by atoms with van der Waals surface area (Å²) in [5.41, 5.74) is 0. The molecule has 0 radical (unpaired) electrons. The monoisotopic (exact) mass is 195 g/mol. The van der Waals surface area contributed by atoms with Crippen LogP contribution in [0.2, 0.25) is 0 Å². The van der Waals surface area contributed by atoms with Crippen molar-refractivity contribution in [3.05, 3.63) is 0 Å². The van der Waals surface area contributed by atoms with Crippen LogP contribution in [0.15, 0.2) is 0 Å². The molecule has 3 nitrogen and oxygen atoms in total. The Morgan fingerprint density at radius 3 is 2.77 bits per heavy atom. The first kappa shape index (κ1) is 10.4. The van der Waals surface area contributed by atoms with Crippen LogP contribution in [0, 0.1) is 22.7 Å². The summed E-state index contributed by atoms with van der Waals surface area (Å²) in [6.07, 6.45) is 1.12. The van der Waals surface area contributed by atoms with Crippen LogP contribution >= 0.6 is 11.8 Å². The molecule has 0 saturated carbocycles. The van der Waals surface area contributed by atoms with Crippen molar-refractivity contribution >= 4 is 11.8 Å². The molecule has 70 valence electrons. The van der Waals surface area contributed by atoms with Crippen LogP contribution in [-0.4, -0.2) is 35.0 Å². The number of rotatable bonds is 2. The van der Waals surface area contributed by atoms with Gasteiger partial charge in [0.1, 0.15) is 0 Å². The van der Waals surface area contributed by atoms with Crippen molar-refractivity contribution in [3.8, 4) is 12.1 Å². The molecule has 1 rings (SSSR count). The average Bonchev–Trinajstić information content (AvgIpc) is 2.20. The fraction of sp³-hybridized carbons (Fsp3) is 0.778. The lowest BCUT2D eigenvalue weighted by atomic mass is 10.2. The molecule has 1 saturated heterocycles. The van der Waals surface area contributed by atoms with Gasteiger partial charge in [-0.25, -0.2) is 0 Å². The second kappa shape index (κ2) is 5.11. The highest BCUT2D eigenvalue weighted by Crippen LogP contribution is 2.22. The topological polar surface area (TPSA) is 50.8 Å². The van der Waals surface area contributed by atoms with Gasteiger partial charge in [0.2, 0.25) is 0 Å². The third-order valence-corrected chi connectivity index (χ3v) is 3.61. The van der Waals surface area contributed by atoms with Crippen molar-refractivity contribution in [2.24, 2.45) is 0 Å². The summed E-state index contributed by atoms with van der Waals surface area (Å²) in [6.45, 7) is 3.90. The minimum Gasteiger partial charge on any atom is -0.274 e. The van der Waals surface area contributed by atoms with Crippen LogP contribution in [-0.2, 0) is 0 Å². The number of nitrogens with zero attached hydrogens (tertiary/aromatic N) is 3. The zero-order chi connectivity index (χ0) is 9.68. The van der Waals surface area contributed by atoms with E-state index < -0.39 is 6.04 Å². The molecular weight excluding hydrogens is 182 g/mol. The Labute approximate surface area is 83.3 Å². The van der Waals surface area contributed by atoms with E-state index in [0.717, 1.165) is 25.3 Å². The molecule has 0 aromatic heterocycles. The van der Waals surface area contributed by atoms with E-state index in [4.69, 9.17) is 10.5 Å². The van der Waals surface area contributed by atoms with Crippen molar-refractivity contribution in [2.75, 3.05) is 18.8 Å². The molecule has 1 aliphatic heterocycles. The molecule has 1 fully saturated rings. The van der Waals surface area contributed by atoms with E-state index in [2.05, 4.69) is 6.92 Å². The Kier molecular flexibility index (Phi) is 4.08. The summed E-state index contributed by atoms with van der Waals surface area (Å²) < 4.78 is 0. The van der Waals surface area contributed by atoms with Crippen LogP contribution < -0.4 is 0 Å². The van der Waals surface area contributed by atoms with Gasteiger partial charge in [0.25, 0.3) is 0 Å². The Morgan fingerprint density at radius 2 is 2.23 bits per heavy atom. The smallest absolute Gasteiger partial charge is 0.186 e. The maximum atomic E-state index is 8.72. The van der Waals surface area contributed by atoms with E-state index in [0.29, 0.717) is 5.25 Å². The molecule has 1 aliphatic rings. The fourth-order valence-electron chi connectivity index (χ4n) is 1.42. The Bertz CT molecular complexity index is 226. The Hall–Kier alpha value is -0.710. The molecule has 0 aromatic rings. The van der Waals surface area contributed by atoms with Gasteiger partial charge in [-0.15, -0.1) is 0 Å². The molecular formula is C9H13N3S. The molecule has 0 amide bonds. The van der Waals surface area contributed by atoms with E-state index in [1.54, 1.807) is 0 Å². The zero-order valence-electron chi connectivity index (χ0n) is 7.73. The first-order chi connectivity index (χ1) is 6.31. The van der Waals surface area contributed by atoms with E-state index >= 15 is 0 Å². The van der Waals surface area contributed by atoms with Crippen LogP contribution in [0.4, 0.5) is 0 Å². The zero-order valence-corrected chi connectivity index (χ0v) is 8.55. The standard InChI is InChI=1S/C9H13N3S/c1-2-9-7-12(3-4-13-9)8(5-10)6-11/h8-9H,2-4,7H2,1H3. The van der Waals surface area contributed by atoms with Gasteiger partial charge in [0.05, 0.1) is 12.1 Å². The first-order valence-electron chi connectivity index (χ1n) is 4.46. The lowest BCUT2D eigenvalue weighted by Gasteiger charge is -2.31. The van der Waals surface area contributed by atoms with Gasteiger partial charge in [-0.2, -0.15) is 22.3 Å². The number of hydrogen-bond donors (Lipinski definition) is 0. The SMILES string of the molecule is CCC1CN(C(C#N)C#N)CCS1. The first-order valence-corrected chi connectivity index (χ1v) is 5.51. The van der Waals surface area contributed by atoms with Gasteiger partial charge in [0.15, 0.2) is 6.04 Å². The maximum absolute atomic E-state index is 8.72. The molecule has 13 heavy (non-hydrogen) atoms. The minimum absolute atomic E-state index is 0.546. The van der Waals surface area contributed by atoms with Crippen molar-refractivity contribution in [1.82, 2.24) is 4.90 Å². The highest BCUT2D eigenvalue weighted by molar-refractivity contribution is 8.00. The second-order valence-corrected chi connectivity index (χ2v) is 4.46. The number of nitriles is 2. The lowest BCUT2D eigenvalue weighted by molar-refractivity contribution is 0.275. The number of hydrogen-bond acceptors (Lipinski definition) is 4. The molecule has 4 heteroatoms. The van der Waals surface area contributed by atoms with Crippen LogP contribution in [0.5, 0.6) is 0 Å². The Balaban J connectivity index is 2.52. The van der Waals surface area contributed by atoms with Crippen LogP contribution in [0.3, 0.4) is 0 Å². The molecule has 1 heterocycles. The highest BCUT2D eigenvalue weighted by atomic mass is 32.2. The third-order valence-electron chi connectivity index (χ3n) is 2.24. The van der Waals surface area contributed by atoms with Crippen LogP contribution in [0.25, 0.3) is 0 Å². The van der Waals surface area contributed by atoms with E-state index in [-0.39, 0.29) is 0 Å². The predicted octanol–water partition coefficient (Wildman–Crippen LogP) is 1.23. The normalized spacial score (nSPS) is 23.8. The van der Waals surface area contributed by atoms with E-state index in [9.17, 15) is 0 Å². The average molecular weight is 195 g/mol. The van der Waals surface area contributed by atoms with Gasteiger partial charge >= 0.3 is 0 Å². The van der Waals surface area contributed by atoms with Crippen LogP contribution in [0.1, 0.15) is 13.3 Å². The van der Waals surface area contributed by atoms with Gasteiger partial charge in [0, 0.05) is 24.1 Å². The van der Waals surface area contributed by atoms with Crippen molar-refractivity contribution < 1.29 is 0 Å². The molecule has 1 atom stereocenters. The lowest BCUT2D eigenvalue weighted by Crippen LogP contribution is -2.43. The molecule has 0 aromatic carbocycles. The molecule has 1 unspecified atom stereocenters. The molecule has 0 spiro atoms. The quantitative estimate of drug-likeness (QED) is 0.665. The fourth-order valence-corrected chi connectivity index (χ4v) is 2.62. The third kappa shape index (κ3) is 2.62. The van der Waals surface area contributed by atoms with Gasteiger partial charge in [-0.3, -0.25) is 4.90 Å². The minimum atomic E-state index is -0.546. The Morgan fingerprint density at radius 1 is 1.54 bits per heavy atom. The second-order valence-electron chi connectivity index (χ2n) is 3.06. The van der Waals surface area contributed by atoms with Crippen molar-refractivity contribution in [2.45, 2.75) is 24.6 Å². The summed E-state index contributed by atoms with van der Waals surface area (Å²) >= 11 is 1.94. The van der Waals surface area contributed by atoms with E-state index in [1.165, 1.54) is 0 Å². The van der Waals surface area contributed by atoms with Crippen molar-refractivity contribution in [3.63, 3.8) is 0 Å². The van der Waals surface area contributed by atoms with Crippen molar-refractivity contribution in [1.29, 1.82) is 10.5 Å². The predicted molar refractivity (Wildman–Crippen MR) is 53.1 cm³/mol. The molecule has 0 N–H and O–H groups in total. The summed E-state index contributed by atoms with van der Waals surface area (Å²) in [7, 11) is 0. The highest BCUT2D eigenvalue weighted by Gasteiger charge is 2.24.